The normalized spacial score (nSPS) is 15.3. The molecule has 2 aromatic heterocycles. The van der Waals surface area contributed by atoms with Gasteiger partial charge in [0.25, 0.3) is 5.91 Å². The van der Waals surface area contributed by atoms with Crippen LogP contribution in [0.2, 0.25) is 0 Å². The average molecular weight is 431 g/mol. The number of hydrogen-bond acceptors (Lipinski definition) is 7. The Balaban J connectivity index is 1.72. The van der Waals surface area contributed by atoms with Gasteiger partial charge in [-0.2, -0.15) is 0 Å². The van der Waals surface area contributed by atoms with Gasteiger partial charge in [0.05, 0.1) is 17.0 Å². The summed E-state index contributed by atoms with van der Waals surface area (Å²) in [7, 11) is 0. The van der Waals surface area contributed by atoms with Crippen molar-refractivity contribution in [3.63, 3.8) is 0 Å². The van der Waals surface area contributed by atoms with Crippen LogP contribution in [0.3, 0.4) is 0 Å². The first-order chi connectivity index (χ1) is 15.1. The van der Waals surface area contributed by atoms with Crippen LogP contribution in [0.5, 0.6) is 5.75 Å². The Labute approximate surface area is 181 Å². The fourth-order valence-corrected chi connectivity index (χ4v) is 4.36. The molecule has 1 aliphatic rings. The zero-order chi connectivity index (χ0) is 21.5. The van der Waals surface area contributed by atoms with Crippen molar-refractivity contribution >= 4 is 33.3 Å². The molecule has 1 aliphatic heterocycles. The van der Waals surface area contributed by atoms with Crippen molar-refractivity contribution in [3.8, 4) is 5.75 Å². The van der Waals surface area contributed by atoms with Crippen LogP contribution in [0.1, 0.15) is 33.3 Å². The number of amides is 1. The standard InChI is InChI=1S/C23H17N3O4S/c1-3-10-29-15-7-5-14(6-8-15)19-18-20(27)16-11-13(2)4-9-17(16)30-21(18)22(28)26(19)23-25-24-12-31-23/h3-9,11-12,19H,1,10H2,2H3. The van der Waals surface area contributed by atoms with Gasteiger partial charge in [0.1, 0.15) is 23.4 Å². The SMILES string of the molecule is C=CCOc1ccc(C2c3c(oc4ccc(C)cc4c3=O)C(=O)N2c2nncs2)cc1. The summed E-state index contributed by atoms with van der Waals surface area (Å²) in [6.45, 7) is 5.93. The highest BCUT2D eigenvalue weighted by Gasteiger charge is 2.44. The van der Waals surface area contributed by atoms with E-state index in [0.29, 0.717) is 34.0 Å². The lowest BCUT2D eigenvalue weighted by Gasteiger charge is -2.22. The molecule has 0 aliphatic carbocycles. The number of benzene rings is 2. The van der Waals surface area contributed by atoms with Crippen LogP contribution >= 0.6 is 11.3 Å². The molecule has 2 aromatic carbocycles. The van der Waals surface area contributed by atoms with Gasteiger partial charge in [0.15, 0.2) is 5.43 Å². The molecule has 8 heteroatoms. The second-order valence-corrected chi connectivity index (χ2v) is 7.95. The van der Waals surface area contributed by atoms with Gasteiger partial charge >= 0.3 is 0 Å². The van der Waals surface area contributed by atoms with Crippen LogP contribution in [0.4, 0.5) is 5.13 Å². The first-order valence-electron chi connectivity index (χ1n) is 9.59. The Morgan fingerprint density at radius 3 is 2.74 bits per heavy atom. The predicted octanol–water partition coefficient (Wildman–Crippen LogP) is 4.27. The van der Waals surface area contributed by atoms with Crippen molar-refractivity contribution < 1.29 is 13.9 Å². The van der Waals surface area contributed by atoms with Gasteiger partial charge in [-0.15, -0.1) is 10.2 Å². The van der Waals surface area contributed by atoms with E-state index in [0.717, 1.165) is 11.1 Å². The minimum absolute atomic E-state index is 0.0357. The van der Waals surface area contributed by atoms with E-state index in [-0.39, 0.29) is 11.2 Å². The van der Waals surface area contributed by atoms with E-state index in [1.807, 2.05) is 25.1 Å². The number of rotatable bonds is 5. The van der Waals surface area contributed by atoms with E-state index in [9.17, 15) is 9.59 Å². The van der Waals surface area contributed by atoms with Gasteiger partial charge in [0, 0.05) is 0 Å². The minimum Gasteiger partial charge on any atom is -0.490 e. The predicted molar refractivity (Wildman–Crippen MR) is 118 cm³/mol. The summed E-state index contributed by atoms with van der Waals surface area (Å²) in [5.41, 5.74) is 3.69. The summed E-state index contributed by atoms with van der Waals surface area (Å²) in [6.07, 6.45) is 1.66. The van der Waals surface area contributed by atoms with Gasteiger partial charge in [-0.1, -0.05) is 47.8 Å². The Hall–Kier alpha value is -3.78. The van der Waals surface area contributed by atoms with Crippen molar-refractivity contribution in [2.24, 2.45) is 0 Å². The molecule has 3 heterocycles. The minimum atomic E-state index is -0.676. The van der Waals surface area contributed by atoms with Gasteiger partial charge in [-0.25, -0.2) is 0 Å². The summed E-state index contributed by atoms with van der Waals surface area (Å²) in [4.78, 5) is 28.3. The lowest BCUT2D eigenvalue weighted by Crippen LogP contribution is -2.29. The van der Waals surface area contributed by atoms with Crippen molar-refractivity contribution in [2.75, 3.05) is 11.5 Å². The third kappa shape index (κ3) is 3.12. The molecule has 0 saturated heterocycles. The van der Waals surface area contributed by atoms with Crippen molar-refractivity contribution in [1.29, 1.82) is 0 Å². The largest absolute Gasteiger partial charge is 0.490 e. The molecule has 1 atom stereocenters. The molecule has 0 fully saturated rings. The highest BCUT2D eigenvalue weighted by Crippen LogP contribution is 2.41. The molecular weight excluding hydrogens is 414 g/mol. The van der Waals surface area contributed by atoms with Gasteiger partial charge in [0.2, 0.25) is 10.9 Å². The number of fused-ring (bicyclic) bond motifs is 2. The molecule has 154 valence electrons. The molecule has 31 heavy (non-hydrogen) atoms. The summed E-state index contributed by atoms with van der Waals surface area (Å²) >= 11 is 1.22. The number of ether oxygens (including phenoxy) is 1. The molecule has 0 bridgehead atoms. The number of carbonyl (C=O) groups is 1. The van der Waals surface area contributed by atoms with E-state index in [2.05, 4.69) is 16.8 Å². The lowest BCUT2D eigenvalue weighted by molar-refractivity contribution is 0.0970. The molecule has 1 amide bonds. The van der Waals surface area contributed by atoms with Crippen LogP contribution < -0.4 is 15.1 Å². The zero-order valence-electron chi connectivity index (χ0n) is 16.6. The monoisotopic (exact) mass is 431 g/mol. The van der Waals surface area contributed by atoms with E-state index in [1.54, 1.807) is 35.9 Å². The molecule has 7 nitrogen and oxygen atoms in total. The molecule has 0 radical (unpaired) electrons. The van der Waals surface area contributed by atoms with Crippen LogP contribution in [-0.2, 0) is 0 Å². The molecule has 4 aromatic rings. The topological polar surface area (TPSA) is 85.5 Å². The second kappa shape index (κ2) is 7.48. The van der Waals surface area contributed by atoms with Crippen molar-refractivity contribution in [2.45, 2.75) is 13.0 Å². The molecule has 1 unspecified atom stereocenters. The lowest BCUT2D eigenvalue weighted by atomic mass is 9.98. The summed E-state index contributed by atoms with van der Waals surface area (Å²) < 4.78 is 11.5. The quantitative estimate of drug-likeness (QED) is 0.439. The summed E-state index contributed by atoms with van der Waals surface area (Å²) in [6, 6.07) is 11.9. The maximum Gasteiger partial charge on any atom is 0.297 e. The fraction of sp³-hybridized carbons (Fsp3) is 0.130. The molecule has 0 saturated carbocycles. The maximum absolute atomic E-state index is 13.5. The van der Waals surface area contributed by atoms with Crippen LogP contribution in [-0.4, -0.2) is 22.7 Å². The first-order valence-corrected chi connectivity index (χ1v) is 10.5. The maximum atomic E-state index is 13.5. The van der Waals surface area contributed by atoms with E-state index in [1.165, 1.54) is 16.2 Å². The van der Waals surface area contributed by atoms with Crippen LogP contribution in [0.15, 0.2) is 69.8 Å². The number of hydrogen-bond donors (Lipinski definition) is 0. The fourth-order valence-electron chi connectivity index (χ4n) is 3.77. The highest BCUT2D eigenvalue weighted by atomic mass is 32.1. The molecule has 5 rings (SSSR count). The number of aryl methyl sites for hydroxylation is 1. The molecular formula is C23H17N3O4S. The van der Waals surface area contributed by atoms with Gasteiger partial charge in [-0.3, -0.25) is 14.5 Å². The first kappa shape index (κ1) is 19.2. The van der Waals surface area contributed by atoms with E-state index >= 15 is 0 Å². The van der Waals surface area contributed by atoms with Crippen LogP contribution in [0, 0.1) is 6.92 Å². The third-order valence-corrected chi connectivity index (χ3v) is 5.83. The van der Waals surface area contributed by atoms with E-state index < -0.39 is 11.9 Å². The van der Waals surface area contributed by atoms with Gasteiger partial charge < -0.3 is 9.15 Å². The van der Waals surface area contributed by atoms with Gasteiger partial charge in [-0.05, 0) is 36.8 Å². The van der Waals surface area contributed by atoms with E-state index in [4.69, 9.17) is 9.15 Å². The Morgan fingerprint density at radius 1 is 1.23 bits per heavy atom. The summed E-state index contributed by atoms with van der Waals surface area (Å²) in [5.74, 6) is 0.286. The number of aromatic nitrogens is 2. The number of anilines is 1. The number of carbonyl (C=O) groups excluding carboxylic acids is 1. The smallest absolute Gasteiger partial charge is 0.297 e. The van der Waals surface area contributed by atoms with Crippen molar-refractivity contribution in [3.05, 3.63) is 93.3 Å². The number of nitrogens with zero attached hydrogens (tertiary/aromatic N) is 3. The molecule has 0 spiro atoms. The third-order valence-electron chi connectivity index (χ3n) is 5.14. The van der Waals surface area contributed by atoms with Crippen LogP contribution in [0.25, 0.3) is 11.0 Å². The highest BCUT2D eigenvalue weighted by molar-refractivity contribution is 7.13. The van der Waals surface area contributed by atoms with Crippen molar-refractivity contribution in [1.82, 2.24) is 10.2 Å². The average Bonchev–Trinajstić information content (AvgIpc) is 3.40. The zero-order valence-corrected chi connectivity index (χ0v) is 17.4. The Bertz CT molecular complexity index is 1360. The molecule has 0 N–H and O–H groups in total. The summed E-state index contributed by atoms with van der Waals surface area (Å²) in [5, 5.41) is 8.78. The Kier molecular flexibility index (Phi) is 4.63. The Morgan fingerprint density at radius 2 is 2.03 bits per heavy atom. The second-order valence-electron chi connectivity index (χ2n) is 7.14.